The van der Waals surface area contributed by atoms with Crippen LogP contribution in [0.15, 0.2) is 24.5 Å². The number of pyridine rings is 1. The van der Waals surface area contributed by atoms with Gasteiger partial charge in [0.2, 0.25) is 0 Å². The number of carbonyl (C=O) groups excluding carboxylic acids is 1. The Kier molecular flexibility index (Phi) is 3.44. The van der Waals surface area contributed by atoms with Crippen molar-refractivity contribution >= 4 is 27.8 Å². The summed E-state index contributed by atoms with van der Waals surface area (Å²) < 4.78 is 0. The summed E-state index contributed by atoms with van der Waals surface area (Å²) in [5.74, 6) is 0.575. The van der Waals surface area contributed by atoms with E-state index in [4.69, 9.17) is 5.73 Å². The zero-order valence-corrected chi connectivity index (χ0v) is 12.2. The number of aromatic nitrogens is 1. The Morgan fingerprint density at radius 2 is 2.15 bits per heavy atom. The van der Waals surface area contributed by atoms with E-state index >= 15 is 0 Å². The zero-order valence-electron chi connectivity index (χ0n) is 11.3. The van der Waals surface area contributed by atoms with E-state index in [-0.39, 0.29) is 5.78 Å². The number of nitrogen functional groups attached to an aromatic ring is 1. The number of rotatable bonds is 5. The molecule has 0 radical (unpaired) electrons. The molecule has 0 spiro atoms. The predicted octanol–water partition coefficient (Wildman–Crippen LogP) is 3.42. The number of hydrogen-bond donors (Lipinski definition) is 2. The van der Waals surface area contributed by atoms with Gasteiger partial charge in [-0.05, 0) is 36.5 Å². The van der Waals surface area contributed by atoms with Crippen LogP contribution in [0.1, 0.15) is 46.5 Å². The standard InChI is InChI=1S/C15H17N3OS/c1-9(19)14-13(16)12(11-2-3-11)15(20-14)18-8-10-4-6-17-7-5-10/h4-7,11,18H,2-3,8,16H2,1H3. The van der Waals surface area contributed by atoms with Gasteiger partial charge in [-0.15, -0.1) is 11.3 Å². The number of thiophene rings is 1. The van der Waals surface area contributed by atoms with Crippen molar-refractivity contribution in [3.8, 4) is 0 Å². The Morgan fingerprint density at radius 3 is 2.75 bits per heavy atom. The van der Waals surface area contributed by atoms with Crippen molar-refractivity contribution in [2.24, 2.45) is 0 Å². The normalized spacial score (nSPS) is 14.2. The number of carbonyl (C=O) groups is 1. The number of nitrogens with zero attached hydrogens (tertiary/aromatic N) is 1. The summed E-state index contributed by atoms with van der Waals surface area (Å²) >= 11 is 1.48. The number of nitrogens with one attached hydrogen (secondary N) is 1. The molecular weight excluding hydrogens is 270 g/mol. The van der Waals surface area contributed by atoms with Gasteiger partial charge in [-0.1, -0.05) is 0 Å². The molecule has 2 aromatic rings. The molecule has 0 bridgehead atoms. The molecule has 3 N–H and O–H groups in total. The maximum absolute atomic E-state index is 11.6. The van der Waals surface area contributed by atoms with Crippen LogP contribution in [0.2, 0.25) is 0 Å². The highest BCUT2D eigenvalue weighted by atomic mass is 32.1. The summed E-state index contributed by atoms with van der Waals surface area (Å²) in [4.78, 5) is 16.3. The van der Waals surface area contributed by atoms with E-state index in [9.17, 15) is 4.79 Å². The van der Waals surface area contributed by atoms with Crippen molar-refractivity contribution in [2.75, 3.05) is 11.1 Å². The third kappa shape index (κ3) is 2.54. The number of hydrogen-bond acceptors (Lipinski definition) is 5. The van der Waals surface area contributed by atoms with E-state index < -0.39 is 0 Å². The van der Waals surface area contributed by atoms with Gasteiger partial charge in [0, 0.05) is 31.4 Å². The van der Waals surface area contributed by atoms with Crippen molar-refractivity contribution in [1.29, 1.82) is 0 Å². The molecule has 2 heterocycles. The predicted molar refractivity (Wildman–Crippen MR) is 82.3 cm³/mol. The molecule has 0 atom stereocenters. The summed E-state index contributed by atoms with van der Waals surface area (Å²) in [7, 11) is 0. The molecule has 4 nitrogen and oxygen atoms in total. The number of anilines is 2. The van der Waals surface area contributed by atoms with E-state index in [0.29, 0.717) is 16.5 Å². The lowest BCUT2D eigenvalue weighted by atomic mass is 10.1. The van der Waals surface area contributed by atoms with Gasteiger partial charge >= 0.3 is 0 Å². The highest BCUT2D eigenvalue weighted by molar-refractivity contribution is 7.18. The molecule has 0 aromatic carbocycles. The third-order valence-electron chi connectivity index (χ3n) is 3.49. The second-order valence-electron chi connectivity index (χ2n) is 5.13. The van der Waals surface area contributed by atoms with E-state index in [2.05, 4.69) is 10.3 Å². The first-order valence-electron chi connectivity index (χ1n) is 6.72. The fourth-order valence-electron chi connectivity index (χ4n) is 2.31. The second-order valence-corrected chi connectivity index (χ2v) is 6.15. The Balaban J connectivity index is 1.85. The van der Waals surface area contributed by atoms with Crippen molar-refractivity contribution in [2.45, 2.75) is 32.2 Å². The molecule has 2 aromatic heterocycles. The van der Waals surface area contributed by atoms with Gasteiger partial charge in [-0.2, -0.15) is 0 Å². The second kappa shape index (κ2) is 5.25. The lowest BCUT2D eigenvalue weighted by Crippen LogP contribution is -2.01. The van der Waals surface area contributed by atoms with Gasteiger partial charge in [0.15, 0.2) is 5.78 Å². The molecule has 3 rings (SSSR count). The maximum Gasteiger partial charge on any atom is 0.171 e. The summed E-state index contributed by atoms with van der Waals surface area (Å²) in [5.41, 5.74) is 9.15. The summed E-state index contributed by atoms with van der Waals surface area (Å²) in [6.45, 7) is 2.30. The minimum absolute atomic E-state index is 0.0476. The molecule has 0 amide bonds. The fraction of sp³-hybridized carbons (Fsp3) is 0.333. The fourth-order valence-corrected chi connectivity index (χ4v) is 3.41. The van der Waals surface area contributed by atoms with Crippen LogP contribution in [0.3, 0.4) is 0 Å². The van der Waals surface area contributed by atoms with Crippen molar-refractivity contribution in [3.63, 3.8) is 0 Å². The quantitative estimate of drug-likeness (QED) is 0.827. The largest absolute Gasteiger partial charge is 0.397 e. The van der Waals surface area contributed by atoms with Crippen LogP contribution in [-0.4, -0.2) is 10.8 Å². The minimum atomic E-state index is 0.0476. The van der Waals surface area contributed by atoms with E-state index in [0.717, 1.165) is 22.7 Å². The van der Waals surface area contributed by atoms with Crippen molar-refractivity contribution in [3.05, 3.63) is 40.5 Å². The molecule has 5 heteroatoms. The molecule has 1 saturated carbocycles. The van der Waals surface area contributed by atoms with Gasteiger partial charge in [0.25, 0.3) is 0 Å². The molecule has 0 unspecified atom stereocenters. The summed E-state index contributed by atoms with van der Waals surface area (Å²) in [5, 5.41) is 4.47. The molecular formula is C15H17N3OS. The van der Waals surface area contributed by atoms with Crippen LogP contribution in [-0.2, 0) is 6.54 Å². The molecule has 1 fully saturated rings. The highest BCUT2D eigenvalue weighted by Gasteiger charge is 2.32. The first kappa shape index (κ1) is 13.1. The van der Waals surface area contributed by atoms with Gasteiger partial charge in [0.1, 0.15) is 0 Å². The van der Waals surface area contributed by atoms with Crippen molar-refractivity contribution in [1.82, 2.24) is 4.98 Å². The lowest BCUT2D eigenvalue weighted by molar-refractivity contribution is 0.102. The van der Waals surface area contributed by atoms with Gasteiger partial charge in [-0.3, -0.25) is 9.78 Å². The summed E-state index contributed by atoms with van der Waals surface area (Å²) in [6.07, 6.45) is 5.90. The van der Waals surface area contributed by atoms with Crippen LogP contribution in [0, 0.1) is 0 Å². The molecule has 1 aliphatic rings. The number of Topliss-reactive ketones (excluding diaryl/α,β-unsaturated/α-hetero) is 1. The maximum atomic E-state index is 11.6. The van der Waals surface area contributed by atoms with Crippen molar-refractivity contribution < 1.29 is 4.79 Å². The van der Waals surface area contributed by atoms with Crippen LogP contribution in [0.25, 0.3) is 0 Å². The Bertz CT molecular complexity index is 632. The first-order chi connectivity index (χ1) is 9.66. The van der Waals surface area contributed by atoms with Crippen LogP contribution < -0.4 is 11.1 Å². The third-order valence-corrected chi connectivity index (χ3v) is 4.77. The van der Waals surface area contributed by atoms with E-state index in [1.54, 1.807) is 19.3 Å². The van der Waals surface area contributed by atoms with E-state index in [1.165, 1.54) is 24.2 Å². The lowest BCUT2D eigenvalue weighted by Gasteiger charge is -2.07. The van der Waals surface area contributed by atoms with Gasteiger partial charge in [-0.25, -0.2) is 0 Å². The van der Waals surface area contributed by atoms with E-state index in [1.807, 2.05) is 12.1 Å². The Labute approximate surface area is 122 Å². The average Bonchev–Trinajstić information content (AvgIpc) is 3.21. The monoisotopic (exact) mass is 287 g/mol. The number of nitrogens with two attached hydrogens (primary N) is 1. The van der Waals surface area contributed by atoms with Gasteiger partial charge < -0.3 is 11.1 Å². The molecule has 0 aliphatic heterocycles. The van der Waals surface area contributed by atoms with Crippen LogP contribution in [0.5, 0.6) is 0 Å². The zero-order chi connectivity index (χ0) is 14.1. The summed E-state index contributed by atoms with van der Waals surface area (Å²) in [6, 6.07) is 3.96. The topological polar surface area (TPSA) is 68.0 Å². The van der Waals surface area contributed by atoms with Crippen LogP contribution >= 0.6 is 11.3 Å². The van der Waals surface area contributed by atoms with Crippen LogP contribution in [0.4, 0.5) is 10.7 Å². The minimum Gasteiger partial charge on any atom is -0.397 e. The average molecular weight is 287 g/mol. The molecule has 104 valence electrons. The molecule has 0 saturated heterocycles. The SMILES string of the molecule is CC(=O)c1sc(NCc2ccncc2)c(C2CC2)c1N. The Hall–Kier alpha value is -1.88. The smallest absolute Gasteiger partial charge is 0.171 e. The van der Waals surface area contributed by atoms with Gasteiger partial charge in [0.05, 0.1) is 15.6 Å². The molecule has 1 aliphatic carbocycles. The Morgan fingerprint density at radius 1 is 1.45 bits per heavy atom. The number of ketones is 1. The molecule has 20 heavy (non-hydrogen) atoms. The first-order valence-corrected chi connectivity index (χ1v) is 7.54. The highest BCUT2D eigenvalue weighted by Crippen LogP contribution is 2.50.